The highest BCUT2D eigenvalue weighted by Gasteiger charge is 2.29. The smallest absolute Gasteiger partial charge is 0.315 e. The van der Waals surface area contributed by atoms with Crippen LogP contribution >= 0.6 is 0 Å². The molecule has 2 heterocycles. The monoisotopic (exact) mass is 333 g/mol. The lowest BCUT2D eigenvalue weighted by molar-refractivity contribution is -0.00877. The summed E-state index contributed by atoms with van der Waals surface area (Å²) in [7, 11) is 0. The molecule has 0 unspecified atom stereocenters. The van der Waals surface area contributed by atoms with Gasteiger partial charge >= 0.3 is 6.03 Å². The molecule has 6 heteroatoms. The summed E-state index contributed by atoms with van der Waals surface area (Å²) < 4.78 is 11.0. The first-order valence-corrected chi connectivity index (χ1v) is 8.65. The molecule has 1 fully saturated rings. The zero-order chi connectivity index (χ0) is 17.0. The van der Waals surface area contributed by atoms with Crippen molar-refractivity contribution in [1.29, 1.82) is 0 Å². The Kier molecular flexibility index (Phi) is 5.26. The Balaban J connectivity index is 1.53. The number of hydrogen-bond acceptors (Lipinski definition) is 4. The zero-order valence-electron chi connectivity index (χ0n) is 14.5. The van der Waals surface area contributed by atoms with Crippen LogP contribution in [0.2, 0.25) is 0 Å². The highest BCUT2D eigenvalue weighted by atomic mass is 16.5. The topological polar surface area (TPSA) is 62.8 Å². The quantitative estimate of drug-likeness (QED) is 0.884. The van der Waals surface area contributed by atoms with Gasteiger partial charge in [0.05, 0.1) is 25.9 Å². The molecule has 0 aromatic heterocycles. The maximum absolute atomic E-state index is 12.3. The fourth-order valence-corrected chi connectivity index (χ4v) is 3.28. The first-order chi connectivity index (χ1) is 11.6. The van der Waals surface area contributed by atoms with Crippen molar-refractivity contribution < 1.29 is 14.3 Å². The Morgan fingerprint density at radius 1 is 1.25 bits per heavy atom. The van der Waals surface area contributed by atoms with E-state index in [4.69, 9.17) is 9.47 Å². The van der Waals surface area contributed by atoms with Gasteiger partial charge in [0.15, 0.2) is 0 Å². The van der Waals surface area contributed by atoms with Gasteiger partial charge < -0.3 is 20.1 Å². The average molecular weight is 333 g/mol. The second kappa shape index (κ2) is 7.40. The molecule has 0 aliphatic carbocycles. The van der Waals surface area contributed by atoms with Crippen molar-refractivity contribution in [3.63, 3.8) is 0 Å². The van der Waals surface area contributed by atoms with Gasteiger partial charge in [0.1, 0.15) is 5.75 Å². The minimum absolute atomic E-state index is 0.00134. The predicted octanol–water partition coefficient (Wildman–Crippen LogP) is 1.92. The van der Waals surface area contributed by atoms with Crippen LogP contribution in [-0.2, 0) is 4.74 Å². The molecule has 0 spiro atoms. The number of fused-ring (bicyclic) bond motifs is 1. The van der Waals surface area contributed by atoms with Crippen LogP contribution in [0.5, 0.6) is 5.75 Å². The summed E-state index contributed by atoms with van der Waals surface area (Å²) in [6.45, 7) is 8.87. The third kappa shape index (κ3) is 3.99. The Morgan fingerprint density at radius 3 is 2.79 bits per heavy atom. The minimum Gasteiger partial charge on any atom is -0.493 e. The number of rotatable bonds is 4. The van der Waals surface area contributed by atoms with Gasteiger partial charge in [0.2, 0.25) is 0 Å². The number of carbonyl (C=O) groups is 1. The van der Waals surface area contributed by atoms with E-state index in [1.165, 1.54) is 0 Å². The number of nitrogens with zero attached hydrogens (tertiary/aromatic N) is 1. The molecule has 1 saturated heterocycles. The summed E-state index contributed by atoms with van der Waals surface area (Å²) in [6.07, 6.45) is 0.789. The molecule has 1 aromatic carbocycles. The molecule has 3 rings (SSSR count). The van der Waals surface area contributed by atoms with E-state index < -0.39 is 0 Å². The van der Waals surface area contributed by atoms with Gasteiger partial charge in [0, 0.05) is 37.2 Å². The lowest BCUT2D eigenvalue weighted by Gasteiger charge is -2.41. The number of benzene rings is 1. The molecule has 1 atom stereocenters. The number of urea groups is 1. The maximum atomic E-state index is 12.3. The molecular weight excluding hydrogens is 306 g/mol. The zero-order valence-corrected chi connectivity index (χ0v) is 14.5. The highest BCUT2D eigenvalue weighted by Crippen LogP contribution is 2.31. The Hall–Kier alpha value is -1.79. The predicted molar refractivity (Wildman–Crippen MR) is 92.3 cm³/mol. The summed E-state index contributed by atoms with van der Waals surface area (Å²) >= 11 is 0. The number of ether oxygens (including phenoxy) is 2. The second-order valence-corrected chi connectivity index (χ2v) is 6.97. The van der Waals surface area contributed by atoms with Gasteiger partial charge in [-0.15, -0.1) is 0 Å². The largest absolute Gasteiger partial charge is 0.493 e. The standard InChI is InChI=1S/C18H27N3O3/c1-18(2,21-8-11-23-12-9-21)13-19-17(22)20-15-7-10-24-16-6-4-3-5-14(15)16/h3-6,15H,7-13H2,1-2H3,(H2,19,20,22)/t15-/m1/s1. The summed E-state index contributed by atoms with van der Waals surface area (Å²) in [4.78, 5) is 14.7. The van der Waals surface area contributed by atoms with E-state index >= 15 is 0 Å². The van der Waals surface area contributed by atoms with Crippen LogP contribution < -0.4 is 15.4 Å². The number of para-hydroxylation sites is 1. The van der Waals surface area contributed by atoms with Gasteiger partial charge in [-0.05, 0) is 19.9 Å². The average Bonchev–Trinajstić information content (AvgIpc) is 2.61. The first kappa shape index (κ1) is 17.0. The Labute approximate surface area is 143 Å². The summed E-state index contributed by atoms with van der Waals surface area (Å²) in [6, 6.07) is 7.76. The van der Waals surface area contributed by atoms with Gasteiger partial charge in [-0.2, -0.15) is 0 Å². The molecule has 2 aliphatic heterocycles. The minimum atomic E-state index is -0.127. The molecule has 2 N–H and O–H groups in total. The third-order valence-corrected chi connectivity index (χ3v) is 4.81. The van der Waals surface area contributed by atoms with E-state index in [1.807, 2.05) is 24.3 Å². The summed E-state index contributed by atoms with van der Waals surface area (Å²) in [5, 5.41) is 6.10. The Morgan fingerprint density at radius 2 is 2.00 bits per heavy atom. The van der Waals surface area contributed by atoms with Crippen molar-refractivity contribution >= 4 is 6.03 Å². The van der Waals surface area contributed by atoms with E-state index in [2.05, 4.69) is 29.4 Å². The maximum Gasteiger partial charge on any atom is 0.315 e. The lowest BCUT2D eigenvalue weighted by Crippen LogP contribution is -2.56. The van der Waals surface area contributed by atoms with Gasteiger partial charge in [-0.25, -0.2) is 4.79 Å². The molecule has 0 bridgehead atoms. The first-order valence-electron chi connectivity index (χ1n) is 8.65. The van der Waals surface area contributed by atoms with Crippen LogP contribution in [0.1, 0.15) is 31.9 Å². The molecule has 132 valence electrons. The van der Waals surface area contributed by atoms with Crippen molar-refractivity contribution in [3.8, 4) is 5.75 Å². The third-order valence-electron chi connectivity index (χ3n) is 4.81. The number of morpholine rings is 1. The van der Waals surface area contributed by atoms with Crippen molar-refractivity contribution in [3.05, 3.63) is 29.8 Å². The summed E-state index contributed by atoms with van der Waals surface area (Å²) in [5.41, 5.74) is 0.959. The van der Waals surface area contributed by atoms with Gasteiger partial charge in [-0.1, -0.05) is 18.2 Å². The summed E-state index contributed by atoms with van der Waals surface area (Å²) in [5.74, 6) is 0.864. The Bertz CT molecular complexity index is 570. The molecular formula is C18H27N3O3. The molecule has 2 aliphatic rings. The van der Waals surface area contributed by atoms with Gasteiger partial charge in [0.25, 0.3) is 0 Å². The van der Waals surface area contributed by atoms with E-state index in [1.54, 1.807) is 0 Å². The van der Waals surface area contributed by atoms with E-state index in [0.29, 0.717) is 13.2 Å². The van der Waals surface area contributed by atoms with Crippen LogP contribution in [0, 0.1) is 0 Å². The van der Waals surface area contributed by atoms with Crippen LogP contribution in [0.4, 0.5) is 4.79 Å². The molecule has 24 heavy (non-hydrogen) atoms. The number of carbonyl (C=O) groups excluding carboxylic acids is 1. The number of hydrogen-bond donors (Lipinski definition) is 2. The van der Waals surface area contributed by atoms with Crippen LogP contribution in [0.3, 0.4) is 0 Å². The molecule has 0 saturated carbocycles. The molecule has 0 radical (unpaired) electrons. The van der Waals surface area contributed by atoms with E-state index in [-0.39, 0.29) is 17.6 Å². The van der Waals surface area contributed by atoms with Crippen molar-refractivity contribution in [2.24, 2.45) is 0 Å². The molecule has 1 aromatic rings. The van der Waals surface area contributed by atoms with Gasteiger partial charge in [-0.3, -0.25) is 4.90 Å². The normalized spacial score (nSPS) is 21.5. The highest BCUT2D eigenvalue weighted by molar-refractivity contribution is 5.74. The number of amides is 2. The van der Waals surface area contributed by atoms with E-state index in [0.717, 1.165) is 44.0 Å². The van der Waals surface area contributed by atoms with Crippen LogP contribution in [0.15, 0.2) is 24.3 Å². The fourth-order valence-electron chi connectivity index (χ4n) is 3.28. The van der Waals surface area contributed by atoms with Crippen molar-refractivity contribution in [2.75, 3.05) is 39.5 Å². The van der Waals surface area contributed by atoms with Crippen LogP contribution in [0.25, 0.3) is 0 Å². The van der Waals surface area contributed by atoms with E-state index in [9.17, 15) is 4.79 Å². The van der Waals surface area contributed by atoms with Crippen molar-refractivity contribution in [2.45, 2.75) is 31.8 Å². The fraction of sp³-hybridized carbons (Fsp3) is 0.611. The lowest BCUT2D eigenvalue weighted by atomic mass is 10.0. The number of nitrogens with one attached hydrogen (secondary N) is 2. The molecule has 2 amide bonds. The van der Waals surface area contributed by atoms with Crippen molar-refractivity contribution in [1.82, 2.24) is 15.5 Å². The molecule has 6 nitrogen and oxygen atoms in total. The SMILES string of the molecule is CC(C)(CNC(=O)N[C@@H]1CCOc2ccccc21)N1CCOCC1. The van der Waals surface area contributed by atoms with Crippen LogP contribution in [-0.4, -0.2) is 55.9 Å². The second-order valence-electron chi connectivity index (χ2n) is 6.97.